The fraction of sp³-hybridized carbons (Fsp3) is 0.400. The van der Waals surface area contributed by atoms with Crippen molar-refractivity contribution in [1.82, 2.24) is 9.21 Å². The van der Waals surface area contributed by atoms with Gasteiger partial charge in [-0.25, -0.2) is 8.42 Å². The third-order valence-electron chi connectivity index (χ3n) is 4.92. The number of rotatable bonds is 7. The highest BCUT2D eigenvalue weighted by Gasteiger charge is 2.35. The summed E-state index contributed by atoms with van der Waals surface area (Å²) in [6, 6.07) is 9.44. The van der Waals surface area contributed by atoms with Gasteiger partial charge in [-0.1, -0.05) is 33.6 Å². The number of nitrogens with zero attached hydrogens (tertiary/aromatic N) is 2. The molecule has 0 amide bonds. The summed E-state index contributed by atoms with van der Waals surface area (Å²) in [6.45, 7) is 1.08. The Labute approximate surface area is 197 Å². The number of alkyl halides is 3. The van der Waals surface area contributed by atoms with E-state index in [0.717, 1.165) is 20.9 Å². The van der Waals surface area contributed by atoms with E-state index in [4.69, 9.17) is 16.3 Å². The quantitative estimate of drug-likeness (QED) is 0.560. The SMILES string of the molecule is O=S(=O)(c1cc(C(F)(F)F)ccc1Cl)N1CCN(CC(O)COc2cccc(Br)c2)CC1. The predicted molar refractivity (Wildman–Crippen MR) is 117 cm³/mol. The second-order valence-electron chi connectivity index (χ2n) is 7.27. The zero-order valence-electron chi connectivity index (χ0n) is 16.7. The lowest BCUT2D eigenvalue weighted by Crippen LogP contribution is -2.50. The number of sulfonamides is 1. The molecule has 6 nitrogen and oxygen atoms in total. The Morgan fingerprint density at radius 1 is 1.12 bits per heavy atom. The third-order valence-corrected chi connectivity index (χ3v) is 7.79. The normalized spacial score (nSPS) is 17.3. The lowest BCUT2D eigenvalue weighted by atomic mass is 10.2. The average molecular weight is 558 g/mol. The number of β-amino-alcohol motifs (C(OH)–C–C–N with tert-alkyl or cyclic N) is 1. The lowest BCUT2D eigenvalue weighted by Gasteiger charge is -2.35. The molecule has 1 N–H and O–H groups in total. The number of ether oxygens (including phenoxy) is 1. The van der Waals surface area contributed by atoms with Crippen LogP contribution in [0.15, 0.2) is 51.8 Å². The maximum absolute atomic E-state index is 13.0. The van der Waals surface area contributed by atoms with Gasteiger partial charge in [-0.2, -0.15) is 17.5 Å². The molecule has 2 aromatic carbocycles. The van der Waals surface area contributed by atoms with Gasteiger partial charge in [0.1, 0.15) is 23.4 Å². The van der Waals surface area contributed by atoms with Crippen LogP contribution in [-0.2, 0) is 16.2 Å². The van der Waals surface area contributed by atoms with E-state index in [1.165, 1.54) is 0 Å². The maximum Gasteiger partial charge on any atom is 0.416 e. The molecule has 0 bridgehead atoms. The second-order valence-corrected chi connectivity index (χ2v) is 10.5. The summed E-state index contributed by atoms with van der Waals surface area (Å²) in [6.07, 6.45) is -5.48. The molecule has 1 aliphatic rings. The zero-order valence-corrected chi connectivity index (χ0v) is 19.9. The highest BCUT2D eigenvalue weighted by atomic mass is 79.9. The van der Waals surface area contributed by atoms with Crippen LogP contribution < -0.4 is 4.74 Å². The Bertz CT molecular complexity index is 1050. The third kappa shape index (κ3) is 6.36. The monoisotopic (exact) mass is 556 g/mol. The summed E-state index contributed by atoms with van der Waals surface area (Å²) in [5, 5.41) is 9.98. The van der Waals surface area contributed by atoms with Crippen molar-refractivity contribution in [2.24, 2.45) is 0 Å². The first-order valence-corrected chi connectivity index (χ1v) is 12.2. The molecule has 2 aromatic rings. The van der Waals surface area contributed by atoms with Crippen LogP contribution in [-0.4, -0.2) is 68.2 Å². The summed E-state index contributed by atoms with van der Waals surface area (Å²) in [4.78, 5) is 1.30. The molecule has 1 fully saturated rings. The molecule has 0 radical (unpaired) electrons. The number of hydrogen-bond acceptors (Lipinski definition) is 5. The van der Waals surface area contributed by atoms with Gasteiger partial charge in [0.25, 0.3) is 0 Å². The molecule has 0 aliphatic carbocycles. The van der Waals surface area contributed by atoms with Gasteiger partial charge in [-0.05, 0) is 36.4 Å². The number of benzene rings is 2. The van der Waals surface area contributed by atoms with Crippen LogP contribution in [0.25, 0.3) is 0 Å². The Kier molecular flexibility index (Phi) is 8.11. The summed E-state index contributed by atoms with van der Waals surface area (Å²) >= 11 is 9.25. The molecule has 1 atom stereocenters. The van der Waals surface area contributed by atoms with Crippen LogP contribution in [0.2, 0.25) is 5.02 Å². The number of hydrogen-bond donors (Lipinski definition) is 1. The summed E-state index contributed by atoms with van der Waals surface area (Å²) in [5.41, 5.74) is -1.08. The highest BCUT2D eigenvalue weighted by molar-refractivity contribution is 9.10. The van der Waals surface area contributed by atoms with Gasteiger partial charge in [0.2, 0.25) is 10.0 Å². The molecule has 12 heteroatoms. The molecule has 0 saturated carbocycles. The van der Waals surface area contributed by atoms with Crippen molar-refractivity contribution in [3.8, 4) is 5.75 Å². The predicted octanol–water partition coefficient (Wildman–Crippen LogP) is 3.87. The highest BCUT2D eigenvalue weighted by Crippen LogP contribution is 2.34. The van der Waals surface area contributed by atoms with Crippen molar-refractivity contribution >= 4 is 37.6 Å². The van der Waals surface area contributed by atoms with Crippen molar-refractivity contribution in [1.29, 1.82) is 0 Å². The van der Waals surface area contributed by atoms with Gasteiger partial charge in [0.15, 0.2) is 0 Å². The Balaban J connectivity index is 1.57. The largest absolute Gasteiger partial charge is 0.491 e. The number of aliphatic hydroxyl groups is 1. The topological polar surface area (TPSA) is 70.1 Å². The minimum Gasteiger partial charge on any atom is -0.491 e. The van der Waals surface area contributed by atoms with Gasteiger partial charge in [-0.15, -0.1) is 0 Å². The molecular formula is C20H21BrClF3N2O4S. The first-order valence-electron chi connectivity index (χ1n) is 9.62. The van der Waals surface area contributed by atoms with Crippen molar-refractivity contribution in [3.63, 3.8) is 0 Å². The van der Waals surface area contributed by atoms with Gasteiger partial charge < -0.3 is 9.84 Å². The lowest BCUT2D eigenvalue weighted by molar-refractivity contribution is -0.137. The van der Waals surface area contributed by atoms with E-state index < -0.39 is 32.8 Å². The van der Waals surface area contributed by atoms with E-state index in [0.29, 0.717) is 24.9 Å². The minimum atomic E-state index is -4.68. The molecule has 1 aliphatic heterocycles. The molecule has 176 valence electrons. The van der Waals surface area contributed by atoms with Crippen LogP contribution >= 0.6 is 27.5 Å². The molecule has 3 rings (SSSR count). The molecule has 0 aromatic heterocycles. The smallest absolute Gasteiger partial charge is 0.416 e. The average Bonchev–Trinajstić information content (AvgIpc) is 2.72. The van der Waals surface area contributed by atoms with Gasteiger partial charge in [0.05, 0.1) is 10.6 Å². The van der Waals surface area contributed by atoms with E-state index in [-0.39, 0.29) is 31.3 Å². The first-order chi connectivity index (χ1) is 15.0. The van der Waals surface area contributed by atoms with Crippen molar-refractivity contribution < 1.29 is 31.4 Å². The summed E-state index contributed by atoms with van der Waals surface area (Å²) in [5.74, 6) is 0.604. The van der Waals surface area contributed by atoms with Crippen molar-refractivity contribution in [2.75, 3.05) is 39.3 Å². The standard InChI is InChI=1S/C20H21BrClF3N2O4S/c21-15-2-1-3-17(11-15)31-13-16(28)12-26-6-8-27(9-7-26)32(29,30)19-10-14(20(23,24)25)4-5-18(19)22/h1-5,10-11,16,28H,6-9,12-13H2. The van der Waals surface area contributed by atoms with E-state index in [1.807, 2.05) is 17.0 Å². The molecule has 0 spiro atoms. The van der Waals surface area contributed by atoms with Crippen LogP contribution in [0.5, 0.6) is 5.75 Å². The van der Waals surface area contributed by atoms with Crippen LogP contribution in [0.3, 0.4) is 0 Å². The van der Waals surface area contributed by atoms with Crippen molar-refractivity contribution in [2.45, 2.75) is 17.2 Å². The first kappa shape index (κ1) is 25.3. The molecule has 1 unspecified atom stereocenters. The van der Waals surface area contributed by atoms with Gasteiger partial charge >= 0.3 is 6.18 Å². The maximum atomic E-state index is 13.0. The molecular weight excluding hydrogens is 537 g/mol. The molecule has 1 heterocycles. The number of piperazine rings is 1. The van der Waals surface area contributed by atoms with E-state index in [2.05, 4.69) is 15.9 Å². The number of halogens is 5. The van der Waals surface area contributed by atoms with Crippen molar-refractivity contribution in [3.05, 3.63) is 57.5 Å². The van der Waals surface area contributed by atoms with Crippen LogP contribution in [0, 0.1) is 0 Å². The van der Waals surface area contributed by atoms with E-state index in [9.17, 15) is 26.7 Å². The number of aliphatic hydroxyl groups excluding tert-OH is 1. The molecule has 1 saturated heterocycles. The second kappa shape index (κ2) is 10.3. The fourth-order valence-electron chi connectivity index (χ4n) is 3.27. The summed E-state index contributed by atoms with van der Waals surface area (Å²) in [7, 11) is -4.19. The Morgan fingerprint density at radius 3 is 2.44 bits per heavy atom. The van der Waals surface area contributed by atoms with Crippen LogP contribution in [0.4, 0.5) is 13.2 Å². The Hall–Kier alpha value is -1.37. The van der Waals surface area contributed by atoms with Gasteiger partial charge in [0, 0.05) is 37.2 Å². The van der Waals surface area contributed by atoms with Crippen LogP contribution in [0.1, 0.15) is 5.56 Å². The van der Waals surface area contributed by atoms with Gasteiger partial charge in [-0.3, -0.25) is 4.90 Å². The summed E-state index contributed by atoms with van der Waals surface area (Å²) < 4.78 is 72.3. The van der Waals surface area contributed by atoms with E-state index >= 15 is 0 Å². The zero-order chi connectivity index (χ0) is 23.5. The fourth-order valence-corrected chi connectivity index (χ4v) is 5.57. The minimum absolute atomic E-state index is 0.0636. The molecule has 32 heavy (non-hydrogen) atoms. The Morgan fingerprint density at radius 2 is 1.81 bits per heavy atom. The van der Waals surface area contributed by atoms with E-state index in [1.54, 1.807) is 12.1 Å².